The van der Waals surface area contributed by atoms with Crippen LogP contribution in [0.2, 0.25) is 0 Å². The lowest BCUT2D eigenvalue weighted by Crippen LogP contribution is -2.51. The molecule has 2 unspecified atom stereocenters. The smallest absolute Gasteiger partial charge is 0.245 e. The fourth-order valence-corrected chi connectivity index (χ4v) is 3.96. The van der Waals surface area contributed by atoms with Gasteiger partial charge in [0.05, 0.1) is 6.42 Å². The molecule has 6 heteroatoms. The highest BCUT2D eigenvalue weighted by Gasteiger charge is 2.33. The third-order valence-electron chi connectivity index (χ3n) is 5.52. The average Bonchev–Trinajstić information content (AvgIpc) is 3.14. The van der Waals surface area contributed by atoms with Crippen molar-refractivity contribution >= 4 is 35.0 Å². The SMILES string of the molecule is CNCC1CCN(C(=O)C(NC(=O)Cc2ccc3ccccc3c2)C(C)C)C1.Cl. The zero-order valence-electron chi connectivity index (χ0n) is 17.5. The summed E-state index contributed by atoms with van der Waals surface area (Å²) in [6.07, 6.45) is 1.30. The number of halogens is 1. The number of carbonyl (C=O) groups excluding carboxylic acids is 2. The van der Waals surface area contributed by atoms with Crippen LogP contribution in [0.1, 0.15) is 25.8 Å². The molecule has 1 saturated heterocycles. The number of fused-ring (bicyclic) bond motifs is 1. The van der Waals surface area contributed by atoms with Gasteiger partial charge >= 0.3 is 0 Å². The van der Waals surface area contributed by atoms with Gasteiger partial charge in [-0.2, -0.15) is 0 Å². The van der Waals surface area contributed by atoms with E-state index >= 15 is 0 Å². The first kappa shape index (κ1) is 23.2. The number of amides is 2. The maximum absolute atomic E-state index is 13.0. The molecule has 1 aliphatic rings. The van der Waals surface area contributed by atoms with Crippen molar-refractivity contribution in [3.63, 3.8) is 0 Å². The first-order valence-electron chi connectivity index (χ1n) is 10.2. The van der Waals surface area contributed by atoms with Crippen LogP contribution in [0.3, 0.4) is 0 Å². The van der Waals surface area contributed by atoms with Crippen LogP contribution >= 0.6 is 12.4 Å². The molecule has 29 heavy (non-hydrogen) atoms. The number of nitrogens with one attached hydrogen (secondary N) is 2. The predicted octanol–water partition coefficient (Wildman–Crippen LogP) is 3.01. The molecule has 158 valence electrons. The lowest BCUT2D eigenvalue weighted by atomic mass is 10.0. The van der Waals surface area contributed by atoms with Crippen LogP contribution in [0.15, 0.2) is 42.5 Å². The minimum absolute atomic E-state index is 0. The summed E-state index contributed by atoms with van der Waals surface area (Å²) in [7, 11) is 1.94. The van der Waals surface area contributed by atoms with E-state index in [1.807, 2.05) is 62.2 Å². The molecule has 0 aromatic heterocycles. The van der Waals surface area contributed by atoms with E-state index in [2.05, 4.69) is 16.7 Å². The van der Waals surface area contributed by atoms with E-state index in [9.17, 15) is 9.59 Å². The van der Waals surface area contributed by atoms with Gasteiger partial charge < -0.3 is 15.5 Å². The molecule has 0 spiro atoms. The number of hydrogen-bond acceptors (Lipinski definition) is 3. The van der Waals surface area contributed by atoms with Crippen LogP contribution in [0.5, 0.6) is 0 Å². The number of likely N-dealkylation sites (tertiary alicyclic amines) is 1. The van der Waals surface area contributed by atoms with E-state index in [-0.39, 0.29) is 36.6 Å². The van der Waals surface area contributed by atoms with Crippen molar-refractivity contribution in [2.75, 3.05) is 26.7 Å². The predicted molar refractivity (Wildman–Crippen MR) is 120 cm³/mol. The summed E-state index contributed by atoms with van der Waals surface area (Å²) in [6.45, 7) is 6.43. The molecule has 2 aromatic carbocycles. The molecule has 1 fully saturated rings. The number of benzene rings is 2. The fourth-order valence-electron chi connectivity index (χ4n) is 3.96. The molecular weight excluding hydrogens is 386 g/mol. The van der Waals surface area contributed by atoms with Gasteiger partial charge in [0.25, 0.3) is 0 Å². The van der Waals surface area contributed by atoms with Gasteiger partial charge in [-0.05, 0) is 48.2 Å². The second-order valence-corrected chi connectivity index (χ2v) is 8.14. The molecule has 2 aromatic rings. The quantitative estimate of drug-likeness (QED) is 0.727. The summed E-state index contributed by atoms with van der Waals surface area (Å²) in [4.78, 5) is 27.6. The van der Waals surface area contributed by atoms with E-state index in [0.717, 1.165) is 42.4 Å². The maximum Gasteiger partial charge on any atom is 0.245 e. The summed E-state index contributed by atoms with van der Waals surface area (Å²) in [5, 5.41) is 8.46. The fraction of sp³-hybridized carbons (Fsp3) is 0.478. The highest BCUT2D eigenvalue weighted by molar-refractivity contribution is 5.90. The zero-order chi connectivity index (χ0) is 20.1. The summed E-state index contributed by atoms with van der Waals surface area (Å²) in [5.74, 6) is 0.486. The van der Waals surface area contributed by atoms with E-state index < -0.39 is 6.04 Å². The Bertz CT molecular complexity index is 840. The van der Waals surface area contributed by atoms with Crippen molar-refractivity contribution in [1.29, 1.82) is 0 Å². The Morgan fingerprint density at radius 1 is 1.14 bits per heavy atom. The van der Waals surface area contributed by atoms with Gasteiger partial charge in [0.1, 0.15) is 6.04 Å². The van der Waals surface area contributed by atoms with Gasteiger partial charge in [-0.25, -0.2) is 0 Å². The normalized spacial score (nSPS) is 17.2. The third-order valence-corrected chi connectivity index (χ3v) is 5.52. The third kappa shape index (κ3) is 5.94. The Balaban J connectivity index is 0.00000300. The minimum atomic E-state index is -0.471. The van der Waals surface area contributed by atoms with Crippen molar-refractivity contribution < 1.29 is 9.59 Å². The molecular formula is C23H32ClN3O2. The first-order valence-corrected chi connectivity index (χ1v) is 10.2. The van der Waals surface area contributed by atoms with E-state index in [0.29, 0.717) is 5.92 Å². The van der Waals surface area contributed by atoms with Gasteiger partial charge in [0.15, 0.2) is 0 Å². The van der Waals surface area contributed by atoms with Crippen molar-refractivity contribution in [2.24, 2.45) is 11.8 Å². The van der Waals surface area contributed by atoms with Crippen molar-refractivity contribution in [1.82, 2.24) is 15.5 Å². The highest BCUT2D eigenvalue weighted by Crippen LogP contribution is 2.19. The monoisotopic (exact) mass is 417 g/mol. The van der Waals surface area contributed by atoms with Gasteiger partial charge in [0.2, 0.25) is 11.8 Å². The number of nitrogens with zero attached hydrogens (tertiary/aromatic N) is 1. The second-order valence-electron chi connectivity index (χ2n) is 8.14. The molecule has 2 amide bonds. The van der Waals surface area contributed by atoms with Gasteiger partial charge in [-0.1, -0.05) is 56.3 Å². The summed E-state index contributed by atoms with van der Waals surface area (Å²) in [5.41, 5.74) is 0.960. The Morgan fingerprint density at radius 2 is 1.86 bits per heavy atom. The molecule has 0 bridgehead atoms. The topological polar surface area (TPSA) is 61.4 Å². The van der Waals surface area contributed by atoms with E-state index in [4.69, 9.17) is 0 Å². The highest BCUT2D eigenvalue weighted by atomic mass is 35.5. The van der Waals surface area contributed by atoms with Gasteiger partial charge in [-0.3, -0.25) is 9.59 Å². The Kier molecular flexibility index (Phi) is 8.47. The number of carbonyl (C=O) groups is 2. The van der Waals surface area contributed by atoms with Crippen LogP contribution in [-0.2, 0) is 16.0 Å². The van der Waals surface area contributed by atoms with Crippen LogP contribution < -0.4 is 10.6 Å². The average molecular weight is 418 g/mol. The lowest BCUT2D eigenvalue weighted by Gasteiger charge is -2.27. The molecule has 0 aliphatic carbocycles. The minimum Gasteiger partial charge on any atom is -0.344 e. The molecule has 0 radical (unpaired) electrons. The molecule has 1 heterocycles. The number of hydrogen-bond donors (Lipinski definition) is 2. The molecule has 5 nitrogen and oxygen atoms in total. The molecule has 2 atom stereocenters. The Hall–Kier alpha value is -2.11. The second kappa shape index (κ2) is 10.6. The van der Waals surface area contributed by atoms with Crippen molar-refractivity contribution in [3.05, 3.63) is 48.0 Å². The van der Waals surface area contributed by atoms with Crippen LogP contribution in [0.4, 0.5) is 0 Å². The van der Waals surface area contributed by atoms with Crippen molar-refractivity contribution in [2.45, 2.75) is 32.7 Å². The molecule has 2 N–H and O–H groups in total. The maximum atomic E-state index is 13.0. The molecule has 1 aliphatic heterocycles. The van der Waals surface area contributed by atoms with Gasteiger partial charge in [-0.15, -0.1) is 12.4 Å². The molecule has 3 rings (SSSR count). The van der Waals surface area contributed by atoms with E-state index in [1.165, 1.54) is 0 Å². The van der Waals surface area contributed by atoms with Crippen molar-refractivity contribution in [3.8, 4) is 0 Å². The standard InChI is InChI=1S/C23H31N3O2.ClH/c1-16(2)22(23(28)26-11-10-18(15-26)14-24-3)25-21(27)13-17-8-9-19-6-4-5-7-20(19)12-17;/h4-9,12,16,18,22,24H,10-11,13-15H2,1-3H3,(H,25,27);1H. The summed E-state index contributed by atoms with van der Waals surface area (Å²) < 4.78 is 0. The summed E-state index contributed by atoms with van der Waals surface area (Å²) >= 11 is 0. The van der Waals surface area contributed by atoms with Crippen LogP contribution in [-0.4, -0.2) is 49.4 Å². The van der Waals surface area contributed by atoms with Crippen LogP contribution in [0, 0.1) is 11.8 Å². The summed E-state index contributed by atoms with van der Waals surface area (Å²) in [6, 6.07) is 13.7. The number of rotatable bonds is 7. The zero-order valence-corrected chi connectivity index (χ0v) is 18.3. The first-order chi connectivity index (χ1) is 13.5. The van der Waals surface area contributed by atoms with E-state index in [1.54, 1.807) is 0 Å². The largest absolute Gasteiger partial charge is 0.344 e. The lowest BCUT2D eigenvalue weighted by molar-refractivity contribution is -0.136. The molecule has 0 saturated carbocycles. The van der Waals surface area contributed by atoms with Gasteiger partial charge in [0, 0.05) is 13.1 Å². The Labute approximate surface area is 179 Å². The van der Waals surface area contributed by atoms with Crippen LogP contribution in [0.25, 0.3) is 10.8 Å². The Morgan fingerprint density at radius 3 is 2.55 bits per heavy atom.